The van der Waals surface area contributed by atoms with Crippen LogP contribution in [-0.2, 0) is 17.5 Å². The van der Waals surface area contributed by atoms with Crippen molar-refractivity contribution in [2.24, 2.45) is 0 Å². The van der Waals surface area contributed by atoms with Crippen molar-refractivity contribution in [3.05, 3.63) is 48.3 Å². The van der Waals surface area contributed by atoms with Crippen LogP contribution in [0.2, 0.25) is 0 Å². The lowest BCUT2D eigenvalue weighted by Crippen LogP contribution is -2.32. The molecule has 0 radical (unpaired) electrons. The van der Waals surface area contributed by atoms with E-state index in [9.17, 15) is 18.0 Å². The number of aromatic nitrogens is 2. The lowest BCUT2D eigenvalue weighted by molar-refractivity contribution is -0.147. The van der Waals surface area contributed by atoms with Gasteiger partial charge in [0, 0.05) is 6.07 Å². The second-order valence-corrected chi connectivity index (χ2v) is 6.22. The van der Waals surface area contributed by atoms with E-state index >= 15 is 0 Å². The molecule has 7 nitrogen and oxygen atoms in total. The van der Waals surface area contributed by atoms with E-state index in [1.165, 1.54) is 12.1 Å². The molecule has 0 saturated carbocycles. The highest BCUT2D eigenvalue weighted by Crippen LogP contribution is 2.35. The average molecular weight is 407 g/mol. The molecule has 0 saturated heterocycles. The number of hydrogen-bond acceptors (Lipinski definition) is 5. The minimum absolute atomic E-state index is 0.126. The first-order valence-electron chi connectivity index (χ1n) is 8.73. The van der Waals surface area contributed by atoms with Crippen molar-refractivity contribution in [1.29, 1.82) is 0 Å². The van der Waals surface area contributed by atoms with Gasteiger partial charge in [-0.15, -0.1) is 0 Å². The van der Waals surface area contributed by atoms with Crippen molar-refractivity contribution in [1.82, 2.24) is 14.9 Å². The van der Waals surface area contributed by atoms with Crippen LogP contribution >= 0.6 is 0 Å². The van der Waals surface area contributed by atoms with Crippen LogP contribution in [0.4, 0.5) is 13.2 Å². The van der Waals surface area contributed by atoms with E-state index in [4.69, 9.17) is 14.2 Å². The summed E-state index contributed by atoms with van der Waals surface area (Å²) in [5, 5.41) is 2.55. The van der Waals surface area contributed by atoms with Crippen LogP contribution in [0, 0.1) is 0 Å². The lowest BCUT2D eigenvalue weighted by Gasteiger charge is -2.12. The molecule has 1 N–H and O–H groups in total. The molecule has 0 unspecified atom stereocenters. The molecule has 0 spiro atoms. The summed E-state index contributed by atoms with van der Waals surface area (Å²) in [6.07, 6.45) is -4.66. The monoisotopic (exact) mass is 407 g/mol. The van der Waals surface area contributed by atoms with Crippen molar-refractivity contribution in [3.63, 3.8) is 0 Å². The van der Waals surface area contributed by atoms with Crippen LogP contribution in [0.5, 0.6) is 17.2 Å². The van der Waals surface area contributed by atoms with Gasteiger partial charge in [-0.05, 0) is 24.3 Å². The van der Waals surface area contributed by atoms with E-state index in [0.29, 0.717) is 17.2 Å². The minimum atomic E-state index is -4.66. The molecule has 3 aromatic rings. The second-order valence-electron chi connectivity index (χ2n) is 6.22. The fourth-order valence-electron chi connectivity index (χ4n) is 2.98. The predicted molar refractivity (Wildman–Crippen MR) is 95.8 cm³/mol. The number of benzene rings is 2. The molecule has 1 aromatic heterocycles. The van der Waals surface area contributed by atoms with Crippen molar-refractivity contribution >= 4 is 16.9 Å². The smallest absolute Gasteiger partial charge is 0.449 e. The fourth-order valence-corrected chi connectivity index (χ4v) is 2.98. The molecule has 29 heavy (non-hydrogen) atoms. The molecular weight excluding hydrogens is 391 g/mol. The average Bonchev–Trinajstić information content (AvgIpc) is 3.29. The van der Waals surface area contributed by atoms with Crippen molar-refractivity contribution in [2.75, 3.05) is 19.9 Å². The Bertz CT molecular complexity index is 1050. The highest BCUT2D eigenvalue weighted by molar-refractivity contribution is 5.81. The Morgan fingerprint density at radius 3 is 2.79 bits per heavy atom. The number of para-hydroxylation sites is 2. The van der Waals surface area contributed by atoms with Gasteiger partial charge in [-0.3, -0.25) is 4.79 Å². The van der Waals surface area contributed by atoms with Gasteiger partial charge in [-0.25, -0.2) is 4.98 Å². The van der Waals surface area contributed by atoms with E-state index in [0.717, 1.165) is 4.57 Å². The Hall–Kier alpha value is -3.43. The van der Waals surface area contributed by atoms with Gasteiger partial charge in [0.2, 0.25) is 18.5 Å². The summed E-state index contributed by atoms with van der Waals surface area (Å²) in [6, 6.07) is 11.2. The molecule has 0 fully saturated rings. The molecule has 0 bridgehead atoms. The molecule has 2 aromatic carbocycles. The van der Waals surface area contributed by atoms with E-state index in [2.05, 4.69) is 10.3 Å². The first-order chi connectivity index (χ1) is 13.9. The molecular formula is C19H16F3N3O4. The Labute approximate surface area is 163 Å². The van der Waals surface area contributed by atoms with Gasteiger partial charge in [-0.1, -0.05) is 12.1 Å². The van der Waals surface area contributed by atoms with Crippen LogP contribution in [0.1, 0.15) is 5.82 Å². The number of hydrogen-bond donors (Lipinski definition) is 1. The van der Waals surface area contributed by atoms with Crippen LogP contribution in [-0.4, -0.2) is 35.4 Å². The number of amides is 1. The maximum absolute atomic E-state index is 13.3. The molecule has 1 aliphatic rings. The molecule has 152 valence electrons. The molecule has 1 amide bonds. The zero-order chi connectivity index (χ0) is 20.4. The fraction of sp³-hybridized carbons (Fsp3) is 0.263. The van der Waals surface area contributed by atoms with Gasteiger partial charge in [0.15, 0.2) is 11.5 Å². The van der Waals surface area contributed by atoms with Crippen LogP contribution in [0.3, 0.4) is 0 Å². The molecule has 2 heterocycles. The third-order valence-corrected chi connectivity index (χ3v) is 4.25. The molecule has 10 heteroatoms. The summed E-state index contributed by atoms with van der Waals surface area (Å²) in [4.78, 5) is 15.8. The van der Waals surface area contributed by atoms with Gasteiger partial charge in [0.05, 0.1) is 17.6 Å². The highest BCUT2D eigenvalue weighted by atomic mass is 19.4. The zero-order valence-corrected chi connectivity index (χ0v) is 15.0. The van der Waals surface area contributed by atoms with Crippen LogP contribution < -0.4 is 19.5 Å². The topological polar surface area (TPSA) is 74.6 Å². The number of nitrogens with zero attached hydrogens (tertiary/aromatic N) is 2. The Balaban J connectivity index is 1.35. The highest BCUT2D eigenvalue weighted by Gasteiger charge is 2.37. The van der Waals surface area contributed by atoms with Crippen LogP contribution in [0.15, 0.2) is 42.5 Å². The summed E-state index contributed by atoms with van der Waals surface area (Å²) in [7, 11) is 0. The van der Waals surface area contributed by atoms with Gasteiger partial charge >= 0.3 is 6.18 Å². The van der Waals surface area contributed by atoms with Gasteiger partial charge in [-0.2, -0.15) is 13.2 Å². The van der Waals surface area contributed by atoms with Gasteiger partial charge < -0.3 is 24.1 Å². The summed E-state index contributed by atoms with van der Waals surface area (Å²) in [5.41, 5.74) is 0.422. The van der Waals surface area contributed by atoms with Crippen molar-refractivity contribution in [2.45, 2.75) is 12.7 Å². The maximum atomic E-state index is 13.3. The number of rotatable bonds is 6. The largest absolute Gasteiger partial charge is 0.492 e. The minimum Gasteiger partial charge on any atom is -0.492 e. The number of carbonyl (C=O) groups excluding carboxylic acids is 1. The maximum Gasteiger partial charge on any atom is 0.449 e. The quantitative estimate of drug-likeness (QED) is 0.636. The van der Waals surface area contributed by atoms with Crippen molar-refractivity contribution < 1.29 is 32.2 Å². The molecule has 1 aliphatic heterocycles. The van der Waals surface area contributed by atoms with E-state index in [-0.39, 0.29) is 31.0 Å². The van der Waals surface area contributed by atoms with E-state index in [1.807, 2.05) is 0 Å². The standard InChI is InChI=1S/C19H16F3N3O4/c20-19(21,22)18-24-13-3-1-2-4-14(13)25(18)10-17(26)23-7-8-27-12-5-6-15-16(9-12)29-11-28-15/h1-6,9H,7-8,10-11H2,(H,23,26). The normalized spacial score (nSPS) is 12.9. The summed E-state index contributed by atoms with van der Waals surface area (Å²) >= 11 is 0. The Morgan fingerprint density at radius 2 is 1.97 bits per heavy atom. The third-order valence-electron chi connectivity index (χ3n) is 4.25. The Morgan fingerprint density at radius 1 is 1.17 bits per heavy atom. The number of fused-ring (bicyclic) bond motifs is 2. The molecule has 4 rings (SSSR count). The number of halogens is 3. The summed E-state index contributed by atoms with van der Waals surface area (Å²) in [6.45, 7) is -0.0828. The summed E-state index contributed by atoms with van der Waals surface area (Å²) in [5.74, 6) is 0.0405. The van der Waals surface area contributed by atoms with Gasteiger partial charge in [0.1, 0.15) is 18.9 Å². The number of carbonyl (C=O) groups is 1. The number of ether oxygens (including phenoxy) is 3. The first kappa shape index (κ1) is 18.9. The molecule has 0 aliphatic carbocycles. The number of imidazole rings is 1. The van der Waals surface area contributed by atoms with Crippen molar-refractivity contribution in [3.8, 4) is 17.2 Å². The first-order valence-corrected chi connectivity index (χ1v) is 8.73. The van der Waals surface area contributed by atoms with Gasteiger partial charge in [0.25, 0.3) is 0 Å². The lowest BCUT2D eigenvalue weighted by atomic mass is 10.3. The number of alkyl halides is 3. The predicted octanol–water partition coefficient (Wildman–Crippen LogP) is 2.98. The third kappa shape index (κ3) is 4.05. The SMILES string of the molecule is O=C(Cn1c(C(F)(F)F)nc2ccccc21)NCCOc1ccc2c(c1)OCO2. The zero-order valence-electron chi connectivity index (χ0n) is 15.0. The molecule has 0 atom stereocenters. The Kier molecular flexibility index (Phi) is 4.91. The van der Waals surface area contributed by atoms with E-state index < -0.39 is 24.5 Å². The van der Waals surface area contributed by atoms with Crippen LogP contribution in [0.25, 0.3) is 11.0 Å². The second kappa shape index (κ2) is 7.53. The van der Waals surface area contributed by atoms with E-state index in [1.54, 1.807) is 30.3 Å². The number of nitrogens with one attached hydrogen (secondary N) is 1. The summed E-state index contributed by atoms with van der Waals surface area (Å²) < 4.78 is 56.6.